The molecule has 0 spiro atoms. The van der Waals surface area contributed by atoms with E-state index in [-0.39, 0.29) is 63.3 Å². The fourth-order valence-corrected chi connectivity index (χ4v) is 9.63. The van der Waals surface area contributed by atoms with Gasteiger partial charge >= 0.3 is 0 Å². The number of imidazole rings is 1. The Hall–Kier alpha value is -5.63. The van der Waals surface area contributed by atoms with Gasteiger partial charge in [0.2, 0.25) is 0 Å². The van der Waals surface area contributed by atoms with E-state index >= 15 is 0 Å². The summed E-state index contributed by atoms with van der Waals surface area (Å²) in [5.41, 5.74) is 7.51. The van der Waals surface area contributed by atoms with Crippen LogP contribution in [0.3, 0.4) is 0 Å². The number of nitrogens with zero attached hydrogens (tertiary/aromatic N) is 7. The van der Waals surface area contributed by atoms with Gasteiger partial charge in [-0.15, -0.1) is 0 Å². The van der Waals surface area contributed by atoms with Crippen molar-refractivity contribution in [2.75, 3.05) is 46.8 Å². The molecule has 2 unspecified atom stereocenters. The number of ether oxygens (including phenoxy) is 7. The molecule has 0 bridgehead atoms. The quantitative estimate of drug-likeness (QED) is 0.0265. The molecule has 18 nitrogen and oxygen atoms in total. The van der Waals surface area contributed by atoms with Gasteiger partial charge in [0, 0.05) is 12.1 Å². The lowest BCUT2D eigenvalue weighted by atomic mass is 9.79. The topological polar surface area (TPSA) is 221 Å². The van der Waals surface area contributed by atoms with Crippen molar-refractivity contribution in [3.63, 3.8) is 0 Å². The van der Waals surface area contributed by atoms with Crippen LogP contribution < -0.4 is 15.2 Å². The highest BCUT2D eigenvalue weighted by molar-refractivity contribution is 7.44. The molecular weight excluding hydrogens is 868 g/mol. The molecule has 2 aromatic heterocycles. The summed E-state index contributed by atoms with van der Waals surface area (Å²) in [6.45, 7) is 9.25. The number of fused-ring (bicyclic) bond motifs is 1. The maximum absolute atomic E-state index is 14.7. The number of benzene rings is 3. The molecule has 0 saturated carbocycles. The number of methoxy groups -OCH3 is 2. The smallest absolute Gasteiger partial charge is 0.259 e. The first-order chi connectivity index (χ1) is 32.0. The van der Waals surface area contributed by atoms with Gasteiger partial charge in [-0.25, -0.2) is 19.6 Å². The van der Waals surface area contributed by atoms with Gasteiger partial charge in [-0.3, -0.25) is 9.36 Å². The number of rotatable bonds is 25. The first-order valence-electron chi connectivity index (χ1n) is 21.5. The third-order valence-corrected chi connectivity index (χ3v) is 12.9. The molecule has 350 valence electrons. The Balaban J connectivity index is 1.57. The first-order valence-corrected chi connectivity index (χ1v) is 22.6. The predicted molar refractivity (Wildman–Crippen MR) is 243 cm³/mol. The van der Waals surface area contributed by atoms with Crippen molar-refractivity contribution >= 4 is 31.3 Å². The number of hydrogen-bond donors (Lipinski definition) is 1. The molecule has 3 heterocycles. The Bertz CT molecular complexity index is 2340. The van der Waals surface area contributed by atoms with Crippen molar-refractivity contribution in [1.29, 1.82) is 10.5 Å². The highest BCUT2D eigenvalue weighted by Crippen LogP contribution is 2.52. The summed E-state index contributed by atoms with van der Waals surface area (Å²) >= 11 is 0. The van der Waals surface area contributed by atoms with E-state index in [2.05, 4.69) is 25.7 Å². The number of Topliss-reactive ketones (excluding diaryl/α,β-unsaturated/α-hetero) is 1. The number of nitrogens with two attached hydrogens (primary N) is 1. The van der Waals surface area contributed by atoms with Crippen LogP contribution in [0.4, 0.5) is 5.82 Å². The molecule has 66 heavy (non-hydrogen) atoms. The van der Waals surface area contributed by atoms with Gasteiger partial charge in [0.1, 0.15) is 66.9 Å². The number of carbonyl (C=O) groups excluding carboxylic acids is 1. The van der Waals surface area contributed by atoms with E-state index in [1.54, 1.807) is 18.8 Å². The third kappa shape index (κ3) is 11.3. The van der Waals surface area contributed by atoms with Crippen LogP contribution in [-0.4, -0.2) is 107 Å². The normalized spacial score (nSPS) is 18.4. The molecule has 0 radical (unpaired) electrons. The molecule has 0 aliphatic carbocycles. The number of ketones is 1. The standard InChI is InChI=1S/C47H57N8O10P/c1-31(2)55(32(3)4)66(62-26-12-24-49)65-42-41(63-46(43(42)61-30-60-29-59-25-11-23-48)54-28-53-39-44(50)51-27-52-45(39)54)40(33(5)56)64-47(34-13-9-8-10-14-34,35-15-19-37(57-6)20-16-35)36-17-21-38(58-7)22-18-36/h8-10,13-22,27-28,31-32,40-43,46H,11-12,25-26,29-30H2,1-7H3,(H2,50,51,52)/t40?,41-,42-,43-,46-,66?/m1/s1. The lowest BCUT2D eigenvalue weighted by Gasteiger charge is -2.41. The second kappa shape index (κ2) is 23.7. The third-order valence-electron chi connectivity index (χ3n) is 10.8. The van der Waals surface area contributed by atoms with Crippen LogP contribution >= 0.6 is 8.53 Å². The monoisotopic (exact) mass is 924 g/mol. The number of carbonyl (C=O) groups is 1. The fourth-order valence-electron chi connectivity index (χ4n) is 7.88. The van der Waals surface area contributed by atoms with Crippen LogP contribution in [0.15, 0.2) is 91.5 Å². The predicted octanol–water partition coefficient (Wildman–Crippen LogP) is 7.20. The molecular formula is C47H57N8O10P. The maximum Gasteiger partial charge on any atom is 0.259 e. The van der Waals surface area contributed by atoms with Crippen molar-refractivity contribution in [2.24, 2.45) is 0 Å². The Morgan fingerprint density at radius 2 is 1.44 bits per heavy atom. The molecule has 2 N–H and O–H groups in total. The van der Waals surface area contributed by atoms with Crippen molar-refractivity contribution in [2.45, 2.75) is 95.8 Å². The summed E-state index contributed by atoms with van der Waals surface area (Å²) in [6.07, 6.45) is -2.82. The minimum absolute atomic E-state index is 0.0650. The highest BCUT2D eigenvalue weighted by atomic mass is 31.2. The largest absolute Gasteiger partial charge is 0.497 e. The van der Waals surface area contributed by atoms with Crippen LogP contribution in [-0.2, 0) is 43.1 Å². The van der Waals surface area contributed by atoms with Crippen LogP contribution in [0.5, 0.6) is 11.5 Å². The zero-order chi connectivity index (χ0) is 47.2. The number of anilines is 1. The molecule has 3 aromatic carbocycles. The molecule has 1 aliphatic heterocycles. The average molecular weight is 925 g/mol. The molecule has 6 rings (SSSR count). The molecule has 1 fully saturated rings. The minimum atomic E-state index is -1.98. The first kappa shape index (κ1) is 49.8. The van der Waals surface area contributed by atoms with Gasteiger partial charge < -0.3 is 47.9 Å². The second-order valence-electron chi connectivity index (χ2n) is 15.7. The van der Waals surface area contributed by atoms with Crippen molar-refractivity contribution in [3.05, 3.63) is 108 Å². The van der Waals surface area contributed by atoms with E-state index in [1.807, 2.05) is 113 Å². The molecule has 19 heteroatoms. The Labute approximate surface area is 386 Å². The minimum Gasteiger partial charge on any atom is -0.497 e. The SMILES string of the molecule is COc1ccc(C(OC(C(C)=O)[C@H]2O[C@@H](n3cnc4c(N)ncnc43)[C@H](OCOCOCCC#N)[C@@H]2OP(OCCC#N)N(C(C)C)C(C)C)(c2ccccc2)c2ccc(OC)cc2)cc1. The summed E-state index contributed by atoms with van der Waals surface area (Å²) in [6, 6.07) is 28.5. The van der Waals surface area contributed by atoms with E-state index in [4.69, 9.17) is 53.2 Å². The summed E-state index contributed by atoms with van der Waals surface area (Å²) < 4.78 is 61.0. The van der Waals surface area contributed by atoms with Crippen molar-refractivity contribution in [3.8, 4) is 23.6 Å². The van der Waals surface area contributed by atoms with E-state index in [0.29, 0.717) is 39.4 Å². The van der Waals surface area contributed by atoms with Crippen LogP contribution in [0, 0.1) is 22.7 Å². The maximum atomic E-state index is 14.7. The van der Waals surface area contributed by atoms with Gasteiger partial charge in [0.25, 0.3) is 8.53 Å². The average Bonchev–Trinajstić information content (AvgIpc) is 3.91. The van der Waals surface area contributed by atoms with Crippen LogP contribution in [0.25, 0.3) is 11.2 Å². The summed E-state index contributed by atoms with van der Waals surface area (Å²) in [4.78, 5) is 27.9. The van der Waals surface area contributed by atoms with Gasteiger partial charge in [-0.2, -0.15) is 10.5 Å². The summed E-state index contributed by atoms with van der Waals surface area (Å²) in [5, 5.41) is 18.6. The number of nitrogen functional groups attached to an aromatic ring is 1. The van der Waals surface area contributed by atoms with Gasteiger partial charge in [0.15, 0.2) is 23.5 Å². The van der Waals surface area contributed by atoms with E-state index < -0.39 is 44.8 Å². The van der Waals surface area contributed by atoms with Crippen LogP contribution in [0.2, 0.25) is 0 Å². The van der Waals surface area contributed by atoms with Gasteiger partial charge in [-0.1, -0.05) is 54.6 Å². The Morgan fingerprint density at radius 1 is 0.833 bits per heavy atom. The number of nitriles is 2. The molecule has 0 amide bonds. The number of hydrogen-bond acceptors (Lipinski definition) is 17. The second-order valence-corrected chi connectivity index (χ2v) is 17.1. The zero-order valence-corrected chi connectivity index (χ0v) is 39.1. The van der Waals surface area contributed by atoms with Crippen LogP contribution in [0.1, 0.15) is 70.4 Å². The molecule has 6 atom stereocenters. The van der Waals surface area contributed by atoms with E-state index in [1.165, 1.54) is 19.6 Å². The van der Waals surface area contributed by atoms with Crippen molar-refractivity contribution < 1.29 is 47.0 Å². The highest BCUT2D eigenvalue weighted by Gasteiger charge is 2.56. The van der Waals surface area contributed by atoms with E-state index in [9.17, 15) is 10.1 Å². The Kier molecular flexibility index (Phi) is 17.9. The van der Waals surface area contributed by atoms with Gasteiger partial charge in [0.05, 0.1) is 58.7 Å². The summed E-state index contributed by atoms with van der Waals surface area (Å²) in [5.74, 6) is 0.993. The molecule has 1 aliphatic rings. The molecule has 5 aromatic rings. The van der Waals surface area contributed by atoms with Gasteiger partial charge in [-0.05, 0) is 75.6 Å². The number of aromatic nitrogens is 4. The molecule has 1 saturated heterocycles. The zero-order valence-electron chi connectivity index (χ0n) is 38.2. The lowest BCUT2D eigenvalue weighted by Crippen LogP contribution is -2.50. The summed E-state index contributed by atoms with van der Waals surface area (Å²) in [7, 11) is 1.20. The Morgan fingerprint density at radius 3 is 2.02 bits per heavy atom. The van der Waals surface area contributed by atoms with E-state index in [0.717, 1.165) is 0 Å². The fraction of sp³-hybridized carbons (Fsp3) is 0.447. The lowest BCUT2D eigenvalue weighted by molar-refractivity contribution is -0.173. The van der Waals surface area contributed by atoms with Crippen molar-refractivity contribution in [1.82, 2.24) is 24.2 Å².